The summed E-state index contributed by atoms with van der Waals surface area (Å²) in [6.07, 6.45) is 2.18. The Morgan fingerprint density at radius 1 is 1.16 bits per heavy atom. The van der Waals surface area contributed by atoms with Crippen LogP contribution >= 0.6 is 35.6 Å². The van der Waals surface area contributed by atoms with Gasteiger partial charge in [0.2, 0.25) is 10.0 Å². The van der Waals surface area contributed by atoms with E-state index in [1.807, 2.05) is 6.92 Å². The first-order valence-electron chi connectivity index (χ1n) is 10.3. The first-order chi connectivity index (χ1) is 14.3. The summed E-state index contributed by atoms with van der Waals surface area (Å²) in [6.45, 7) is 5.79. The maximum atomic E-state index is 12.7. The van der Waals surface area contributed by atoms with Crippen LogP contribution in [0.5, 0.6) is 0 Å². The molecule has 1 amide bonds. The molecule has 31 heavy (non-hydrogen) atoms. The number of rotatable bonds is 7. The minimum atomic E-state index is -3.19. The predicted octanol–water partition coefficient (Wildman–Crippen LogP) is 3.05. The zero-order chi connectivity index (χ0) is 21.8. The van der Waals surface area contributed by atoms with Crippen molar-refractivity contribution in [2.24, 2.45) is 0 Å². The van der Waals surface area contributed by atoms with Gasteiger partial charge in [-0.2, -0.15) is 4.31 Å². The van der Waals surface area contributed by atoms with Gasteiger partial charge in [-0.05, 0) is 37.5 Å². The van der Waals surface area contributed by atoms with Gasteiger partial charge in [0.15, 0.2) is 0 Å². The molecule has 0 aromatic heterocycles. The topological polar surface area (TPSA) is 79.0 Å². The van der Waals surface area contributed by atoms with Gasteiger partial charge < -0.3 is 10.1 Å². The normalized spacial score (nSPS) is 20.1. The Morgan fingerprint density at radius 3 is 2.39 bits per heavy atom. The van der Waals surface area contributed by atoms with E-state index in [2.05, 4.69) is 10.2 Å². The SMILES string of the molecule is CCCS(=O)(=O)N1CCN(C2(CNC(=O)c3ccc(Cl)cc3Cl)CCOCC2)CC1.Cl. The van der Waals surface area contributed by atoms with Crippen LogP contribution in [0, 0.1) is 0 Å². The summed E-state index contributed by atoms with van der Waals surface area (Å²) in [6, 6.07) is 4.81. The molecule has 0 bridgehead atoms. The molecule has 2 aliphatic rings. The average Bonchev–Trinajstić information content (AvgIpc) is 2.73. The number of hydrogen-bond donors (Lipinski definition) is 1. The third-order valence-corrected chi connectivity index (χ3v) is 8.57. The smallest absolute Gasteiger partial charge is 0.252 e. The molecule has 0 spiro atoms. The van der Waals surface area contributed by atoms with Gasteiger partial charge in [-0.25, -0.2) is 8.42 Å². The molecular weight excluding hydrogens is 485 g/mol. The minimum Gasteiger partial charge on any atom is -0.381 e. The van der Waals surface area contributed by atoms with Crippen molar-refractivity contribution in [1.29, 1.82) is 0 Å². The van der Waals surface area contributed by atoms with E-state index in [-0.39, 0.29) is 29.6 Å². The number of piperazine rings is 1. The Hall–Kier alpha value is -0.610. The van der Waals surface area contributed by atoms with Crippen molar-refractivity contribution >= 4 is 51.5 Å². The van der Waals surface area contributed by atoms with Gasteiger partial charge in [-0.1, -0.05) is 30.1 Å². The molecule has 0 atom stereocenters. The van der Waals surface area contributed by atoms with Crippen molar-refractivity contribution in [2.75, 3.05) is 51.7 Å². The monoisotopic (exact) mass is 513 g/mol. The molecule has 11 heteroatoms. The van der Waals surface area contributed by atoms with Crippen LogP contribution in [-0.2, 0) is 14.8 Å². The Balaban J connectivity index is 0.00000341. The molecule has 1 aromatic carbocycles. The highest BCUT2D eigenvalue weighted by Gasteiger charge is 2.41. The Bertz CT molecular complexity index is 855. The van der Waals surface area contributed by atoms with Crippen LogP contribution < -0.4 is 5.32 Å². The summed E-state index contributed by atoms with van der Waals surface area (Å²) in [4.78, 5) is 15.0. The lowest BCUT2D eigenvalue weighted by molar-refractivity contribution is -0.0385. The van der Waals surface area contributed by atoms with Gasteiger partial charge in [0.05, 0.1) is 16.3 Å². The highest BCUT2D eigenvalue weighted by Crippen LogP contribution is 2.30. The van der Waals surface area contributed by atoms with E-state index >= 15 is 0 Å². The maximum Gasteiger partial charge on any atom is 0.252 e. The Labute approximate surface area is 200 Å². The first-order valence-corrected chi connectivity index (χ1v) is 12.7. The summed E-state index contributed by atoms with van der Waals surface area (Å²) in [7, 11) is -3.19. The fourth-order valence-corrected chi connectivity index (χ4v) is 6.19. The van der Waals surface area contributed by atoms with Crippen LogP contribution in [0.4, 0.5) is 0 Å². The van der Waals surface area contributed by atoms with Gasteiger partial charge >= 0.3 is 0 Å². The van der Waals surface area contributed by atoms with E-state index in [4.69, 9.17) is 27.9 Å². The summed E-state index contributed by atoms with van der Waals surface area (Å²) in [5.74, 6) is -0.0594. The van der Waals surface area contributed by atoms with Gasteiger partial charge in [0.25, 0.3) is 5.91 Å². The van der Waals surface area contributed by atoms with Crippen molar-refractivity contribution < 1.29 is 17.9 Å². The molecule has 7 nitrogen and oxygen atoms in total. The number of amides is 1. The minimum absolute atomic E-state index is 0. The van der Waals surface area contributed by atoms with Gasteiger partial charge in [0, 0.05) is 56.5 Å². The van der Waals surface area contributed by atoms with E-state index in [0.29, 0.717) is 68.0 Å². The van der Waals surface area contributed by atoms with E-state index in [1.165, 1.54) is 0 Å². The number of benzene rings is 1. The molecule has 2 heterocycles. The molecule has 1 aromatic rings. The number of carbonyl (C=O) groups excluding carboxylic acids is 1. The molecule has 176 valence electrons. The lowest BCUT2D eigenvalue weighted by atomic mass is 9.87. The van der Waals surface area contributed by atoms with Crippen LogP contribution in [0.2, 0.25) is 10.0 Å². The molecule has 0 radical (unpaired) electrons. The number of sulfonamides is 1. The van der Waals surface area contributed by atoms with Crippen molar-refractivity contribution in [2.45, 2.75) is 31.7 Å². The second-order valence-electron chi connectivity index (χ2n) is 7.85. The van der Waals surface area contributed by atoms with Crippen molar-refractivity contribution in [1.82, 2.24) is 14.5 Å². The van der Waals surface area contributed by atoms with Crippen molar-refractivity contribution in [3.63, 3.8) is 0 Å². The third kappa shape index (κ3) is 6.47. The molecule has 0 aliphatic carbocycles. The van der Waals surface area contributed by atoms with Crippen LogP contribution in [0.1, 0.15) is 36.5 Å². The number of halogens is 3. The van der Waals surface area contributed by atoms with E-state index < -0.39 is 10.0 Å². The molecule has 2 aliphatic heterocycles. The van der Waals surface area contributed by atoms with Gasteiger partial charge in [0.1, 0.15) is 0 Å². The molecule has 1 N–H and O–H groups in total. The third-order valence-electron chi connectivity index (χ3n) is 5.94. The van der Waals surface area contributed by atoms with Crippen LogP contribution in [0.15, 0.2) is 18.2 Å². The van der Waals surface area contributed by atoms with Crippen molar-refractivity contribution in [3.05, 3.63) is 33.8 Å². The highest BCUT2D eigenvalue weighted by atomic mass is 35.5. The second kappa shape index (κ2) is 11.5. The zero-order valence-electron chi connectivity index (χ0n) is 17.6. The van der Waals surface area contributed by atoms with Crippen LogP contribution in [-0.4, -0.2) is 80.8 Å². The fraction of sp³-hybridized carbons (Fsp3) is 0.650. The van der Waals surface area contributed by atoms with Gasteiger partial charge in [-0.3, -0.25) is 9.69 Å². The lowest BCUT2D eigenvalue weighted by Crippen LogP contribution is -2.63. The molecule has 0 saturated carbocycles. The zero-order valence-corrected chi connectivity index (χ0v) is 20.8. The number of ether oxygens (including phenoxy) is 1. The lowest BCUT2D eigenvalue weighted by Gasteiger charge is -2.49. The standard InChI is InChI=1S/C20H29Cl2N3O4S.ClH/c1-2-13-30(27,28)25-9-7-24(8-10-25)20(5-11-29-12-6-20)15-23-19(26)17-4-3-16(21)14-18(17)22;/h3-4,14H,2,5-13,15H2,1H3,(H,23,26);1H. The predicted molar refractivity (Wildman–Crippen MR) is 126 cm³/mol. The average molecular weight is 515 g/mol. The molecule has 2 saturated heterocycles. The summed E-state index contributed by atoms with van der Waals surface area (Å²) < 4.78 is 31.9. The van der Waals surface area contributed by atoms with Crippen LogP contribution in [0.25, 0.3) is 0 Å². The maximum absolute atomic E-state index is 12.7. The molecule has 0 unspecified atom stereocenters. The largest absolute Gasteiger partial charge is 0.381 e. The van der Waals surface area contributed by atoms with E-state index in [1.54, 1.807) is 22.5 Å². The number of nitrogens with one attached hydrogen (secondary N) is 1. The highest BCUT2D eigenvalue weighted by molar-refractivity contribution is 7.89. The summed E-state index contributed by atoms with van der Waals surface area (Å²) >= 11 is 12.1. The van der Waals surface area contributed by atoms with Crippen molar-refractivity contribution in [3.8, 4) is 0 Å². The number of hydrogen-bond acceptors (Lipinski definition) is 5. The first kappa shape index (κ1) is 26.6. The Kier molecular flexibility index (Phi) is 9.88. The molecule has 3 rings (SSSR count). The second-order valence-corrected chi connectivity index (χ2v) is 10.8. The van der Waals surface area contributed by atoms with E-state index in [0.717, 1.165) is 12.8 Å². The molecular formula is C20H30Cl3N3O4S. The Morgan fingerprint density at radius 2 is 1.81 bits per heavy atom. The summed E-state index contributed by atoms with van der Waals surface area (Å²) in [5, 5.41) is 3.83. The quantitative estimate of drug-likeness (QED) is 0.605. The van der Waals surface area contributed by atoms with Crippen LogP contribution in [0.3, 0.4) is 0 Å². The number of nitrogens with zero attached hydrogens (tertiary/aromatic N) is 2. The summed E-state index contributed by atoms with van der Waals surface area (Å²) in [5.41, 5.74) is 0.131. The fourth-order valence-electron chi connectivity index (χ4n) is 4.20. The number of carbonyl (C=O) groups is 1. The van der Waals surface area contributed by atoms with Gasteiger partial charge in [-0.15, -0.1) is 12.4 Å². The molecule has 2 fully saturated rings. The van der Waals surface area contributed by atoms with E-state index in [9.17, 15) is 13.2 Å².